The van der Waals surface area contributed by atoms with Crippen molar-refractivity contribution in [2.45, 2.75) is 15.8 Å². The molecule has 17 heavy (non-hydrogen) atoms. The summed E-state index contributed by atoms with van der Waals surface area (Å²) >= 11 is 6.80. The third kappa shape index (κ3) is 2.97. The fraction of sp³-hybridized carbons (Fsp3) is 0.571. The molecule has 0 radical (unpaired) electrons. The third-order valence-corrected chi connectivity index (χ3v) is 4.68. The van der Waals surface area contributed by atoms with E-state index < -0.39 is 14.4 Å². The van der Waals surface area contributed by atoms with Gasteiger partial charge in [0.1, 0.15) is 0 Å². The summed E-state index contributed by atoms with van der Waals surface area (Å²) in [5.41, 5.74) is 0. The minimum absolute atomic E-state index is 0.148. The molecule has 0 aliphatic heterocycles. The molecular formula is C7H4Br2F3N3OS. The molecule has 4 nitrogen and oxygen atoms in total. The van der Waals surface area contributed by atoms with Crippen molar-refractivity contribution in [2.75, 3.05) is 5.32 Å². The van der Waals surface area contributed by atoms with Crippen LogP contribution in [0.5, 0.6) is 0 Å². The Labute approximate surface area is 114 Å². The van der Waals surface area contributed by atoms with Crippen LogP contribution in [-0.4, -0.2) is 19.3 Å². The molecule has 0 aromatic carbocycles. The molecule has 1 unspecified atom stereocenters. The van der Waals surface area contributed by atoms with Gasteiger partial charge in [0.25, 0.3) is 0 Å². The van der Waals surface area contributed by atoms with E-state index in [4.69, 9.17) is 0 Å². The highest BCUT2D eigenvalue weighted by Gasteiger charge is 2.55. The first-order valence-corrected chi connectivity index (χ1v) is 6.70. The van der Waals surface area contributed by atoms with Gasteiger partial charge < -0.3 is 5.32 Å². The molecule has 2 rings (SSSR count). The normalized spacial score (nSPS) is 22.3. The van der Waals surface area contributed by atoms with E-state index in [1.54, 1.807) is 0 Å². The summed E-state index contributed by atoms with van der Waals surface area (Å²) < 4.78 is 36.2. The molecule has 1 aliphatic rings. The van der Waals surface area contributed by atoms with Crippen molar-refractivity contribution in [3.63, 3.8) is 0 Å². The fourth-order valence-corrected chi connectivity index (χ4v) is 2.76. The van der Waals surface area contributed by atoms with Crippen molar-refractivity contribution in [3.05, 3.63) is 5.01 Å². The average molecular weight is 395 g/mol. The maximum absolute atomic E-state index is 12.2. The van der Waals surface area contributed by atoms with E-state index in [9.17, 15) is 18.0 Å². The number of aromatic nitrogens is 2. The topological polar surface area (TPSA) is 54.9 Å². The van der Waals surface area contributed by atoms with Crippen LogP contribution in [0.1, 0.15) is 11.4 Å². The van der Waals surface area contributed by atoms with E-state index in [1.165, 1.54) is 0 Å². The largest absolute Gasteiger partial charge is 0.445 e. The molecule has 0 spiro atoms. The van der Waals surface area contributed by atoms with Gasteiger partial charge in [-0.15, -0.1) is 10.2 Å². The van der Waals surface area contributed by atoms with Gasteiger partial charge >= 0.3 is 6.18 Å². The Hall–Kier alpha value is -0.220. The predicted octanol–water partition coefficient (Wildman–Crippen LogP) is 3.00. The lowest BCUT2D eigenvalue weighted by Crippen LogP contribution is -2.16. The molecule has 94 valence electrons. The van der Waals surface area contributed by atoms with Crippen LogP contribution in [0.25, 0.3) is 0 Å². The Balaban J connectivity index is 2.01. The van der Waals surface area contributed by atoms with Crippen molar-refractivity contribution in [2.24, 2.45) is 5.92 Å². The van der Waals surface area contributed by atoms with Gasteiger partial charge in [-0.3, -0.25) is 4.79 Å². The first-order chi connectivity index (χ1) is 7.70. The SMILES string of the molecule is O=C(Nc1nnc(C(F)(F)F)s1)C1CC1(Br)Br. The molecule has 0 bridgehead atoms. The van der Waals surface area contributed by atoms with E-state index in [2.05, 4.69) is 47.4 Å². The predicted molar refractivity (Wildman–Crippen MR) is 62.2 cm³/mol. The summed E-state index contributed by atoms with van der Waals surface area (Å²) in [6.07, 6.45) is -3.96. The molecule has 0 saturated heterocycles. The highest BCUT2D eigenvalue weighted by molar-refractivity contribution is 9.25. The molecule has 1 aromatic heterocycles. The molecule has 1 fully saturated rings. The summed E-state index contributed by atoms with van der Waals surface area (Å²) in [6.45, 7) is 0. The highest BCUT2D eigenvalue weighted by Crippen LogP contribution is 2.56. The van der Waals surface area contributed by atoms with Gasteiger partial charge in [-0.25, -0.2) is 0 Å². The number of alkyl halides is 5. The molecule has 10 heteroatoms. The summed E-state index contributed by atoms with van der Waals surface area (Å²) in [7, 11) is 0. The smallest absolute Gasteiger partial charge is 0.300 e. The number of amides is 1. The van der Waals surface area contributed by atoms with Crippen molar-refractivity contribution in [1.82, 2.24) is 10.2 Å². The number of carbonyl (C=O) groups excluding carboxylic acids is 1. The quantitative estimate of drug-likeness (QED) is 0.784. The second-order valence-electron chi connectivity index (χ2n) is 3.42. The number of hydrogen-bond acceptors (Lipinski definition) is 4. The number of rotatable bonds is 2. The third-order valence-electron chi connectivity index (χ3n) is 2.04. The fourth-order valence-electron chi connectivity index (χ4n) is 1.08. The lowest BCUT2D eigenvalue weighted by Gasteiger charge is -2.00. The molecule has 1 heterocycles. The number of hydrogen-bond donors (Lipinski definition) is 1. The average Bonchev–Trinajstić information content (AvgIpc) is 2.60. The van der Waals surface area contributed by atoms with E-state index in [-0.39, 0.29) is 17.0 Å². The van der Waals surface area contributed by atoms with Gasteiger partial charge in [-0.2, -0.15) is 13.2 Å². The Morgan fingerprint density at radius 2 is 2.06 bits per heavy atom. The summed E-state index contributed by atoms with van der Waals surface area (Å²) in [4.78, 5) is 11.5. The first-order valence-electron chi connectivity index (χ1n) is 4.29. The molecule has 1 amide bonds. The molecule has 1 atom stereocenters. The van der Waals surface area contributed by atoms with Crippen LogP contribution < -0.4 is 5.32 Å². The van der Waals surface area contributed by atoms with Crippen molar-refractivity contribution >= 4 is 54.2 Å². The number of halogens is 5. The van der Waals surface area contributed by atoms with Gasteiger partial charge in [-0.1, -0.05) is 43.2 Å². The molecular weight excluding hydrogens is 391 g/mol. The van der Waals surface area contributed by atoms with Gasteiger partial charge in [0.2, 0.25) is 16.0 Å². The summed E-state index contributed by atoms with van der Waals surface area (Å²) in [5, 5.41) is 7.30. The van der Waals surface area contributed by atoms with Gasteiger partial charge in [-0.05, 0) is 6.42 Å². The number of anilines is 1. The van der Waals surface area contributed by atoms with Crippen LogP contribution in [0.15, 0.2) is 0 Å². The van der Waals surface area contributed by atoms with Crippen molar-refractivity contribution < 1.29 is 18.0 Å². The summed E-state index contributed by atoms with van der Waals surface area (Å²) in [5.74, 6) is -0.704. The van der Waals surface area contributed by atoms with Crippen LogP contribution in [-0.2, 0) is 11.0 Å². The Kier molecular flexibility index (Phi) is 3.24. The second-order valence-corrected chi connectivity index (χ2v) is 8.29. The molecule has 1 saturated carbocycles. The number of nitrogens with zero attached hydrogens (tertiary/aromatic N) is 2. The maximum atomic E-state index is 12.2. The van der Waals surface area contributed by atoms with Crippen molar-refractivity contribution in [1.29, 1.82) is 0 Å². The summed E-state index contributed by atoms with van der Waals surface area (Å²) in [6, 6.07) is 0. The first kappa shape index (κ1) is 13.2. The van der Waals surface area contributed by atoms with Crippen LogP contribution in [0.2, 0.25) is 0 Å². The minimum atomic E-state index is -4.53. The van der Waals surface area contributed by atoms with Gasteiger partial charge in [0.15, 0.2) is 0 Å². The molecule has 1 aliphatic carbocycles. The standard InChI is InChI=1S/C7H4Br2F3N3OS/c8-6(9)1-2(6)3(16)13-5-15-14-4(17-5)7(10,11)12/h2H,1H2,(H,13,15,16). The van der Waals surface area contributed by atoms with E-state index in [0.717, 1.165) is 0 Å². The zero-order chi connectivity index (χ0) is 12.8. The minimum Gasteiger partial charge on any atom is -0.300 e. The van der Waals surface area contributed by atoms with Crippen LogP contribution in [0.3, 0.4) is 0 Å². The van der Waals surface area contributed by atoms with Gasteiger partial charge in [0, 0.05) is 0 Å². The van der Waals surface area contributed by atoms with Crippen LogP contribution in [0, 0.1) is 5.92 Å². The lowest BCUT2D eigenvalue weighted by atomic mass is 10.4. The Morgan fingerprint density at radius 3 is 2.47 bits per heavy atom. The van der Waals surface area contributed by atoms with Crippen LogP contribution in [0.4, 0.5) is 18.3 Å². The van der Waals surface area contributed by atoms with Crippen molar-refractivity contribution in [3.8, 4) is 0 Å². The molecule has 1 aromatic rings. The Bertz CT molecular complexity index is 461. The number of nitrogens with one attached hydrogen (secondary N) is 1. The monoisotopic (exact) mass is 393 g/mol. The van der Waals surface area contributed by atoms with Crippen LogP contribution >= 0.6 is 43.2 Å². The van der Waals surface area contributed by atoms with E-state index in [1.807, 2.05) is 0 Å². The highest BCUT2D eigenvalue weighted by atomic mass is 79.9. The van der Waals surface area contributed by atoms with E-state index in [0.29, 0.717) is 17.8 Å². The second kappa shape index (κ2) is 4.16. The number of carbonyl (C=O) groups is 1. The zero-order valence-electron chi connectivity index (χ0n) is 7.89. The maximum Gasteiger partial charge on any atom is 0.445 e. The van der Waals surface area contributed by atoms with Gasteiger partial charge in [0.05, 0.1) is 9.15 Å². The van der Waals surface area contributed by atoms with E-state index >= 15 is 0 Å². The zero-order valence-corrected chi connectivity index (χ0v) is 11.9. The molecule has 1 N–H and O–H groups in total. The Morgan fingerprint density at radius 1 is 1.47 bits per heavy atom. The lowest BCUT2D eigenvalue weighted by molar-refractivity contribution is -0.138.